The first kappa shape index (κ1) is 21.4. The predicted octanol–water partition coefficient (Wildman–Crippen LogP) is 8.09. The fourth-order valence-electron chi connectivity index (χ4n) is 5.54. The minimum Gasteiger partial charge on any atom is -0.207 e. The minimum absolute atomic E-state index is 0.0263. The van der Waals surface area contributed by atoms with Crippen molar-refractivity contribution >= 4 is 11.6 Å². The molecule has 2 aliphatic rings. The summed E-state index contributed by atoms with van der Waals surface area (Å²) in [6, 6.07) is 5.06. The molecule has 0 nitrogen and oxygen atoms in total. The Morgan fingerprint density at radius 3 is 2.40 bits per heavy atom. The smallest absolute Gasteiger partial charge is 0.145 e. The molecule has 160 valence electrons. The lowest BCUT2D eigenvalue weighted by atomic mass is 9.58. The molecule has 2 aromatic rings. The molecule has 0 amide bonds. The molecular weight excluding hydrogens is 412 g/mol. The van der Waals surface area contributed by atoms with Gasteiger partial charge in [0, 0.05) is 6.07 Å². The normalized spacial score (nSPS) is 25.9. The third kappa shape index (κ3) is 3.91. The maximum atomic E-state index is 14.4. The van der Waals surface area contributed by atoms with Crippen LogP contribution in [0.2, 0.25) is 5.02 Å². The zero-order chi connectivity index (χ0) is 21.4. The quantitative estimate of drug-likeness (QED) is 0.258. The topological polar surface area (TPSA) is 0 Å². The van der Waals surface area contributed by atoms with E-state index in [0.29, 0.717) is 24.0 Å². The van der Waals surface area contributed by atoms with Gasteiger partial charge in [0.05, 0.1) is 0 Å². The molecule has 1 saturated carbocycles. The first-order valence-corrected chi connectivity index (χ1v) is 11.1. The monoisotopic (exact) mass is 436 g/mol. The van der Waals surface area contributed by atoms with Crippen LogP contribution in [0.1, 0.15) is 67.6 Å². The van der Waals surface area contributed by atoms with Crippen LogP contribution < -0.4 is 0 Å². The highest BCUT2D eigenvalue weighted by atomic mass is 35.5. The molecule has 0 spiro atoms. The summed E-state index contributed by atoms with van der Waals surface area (Å²) in [4.78, 5) is 0. The molecular formula is C25H25ClF4. The van der Waals surface area contributed by atoms with Crippen molar-refractivity contribution < 1.29 is 17.6 Å². The Morgan fingerprint density at radius 2 is 1.70 bits per heavy atom. The molecule has 1 fully saturated rings. The van der Waals surface area contributed by atoms with Crippen molar-refractivity contribution in [3.05, 3.63) is 81.4 Å². The molecule has 0 radical (unpaired) electrons. The van der Waals surface area contributed by atoms with E-state index in [1.165, 1.54) is 18.2 Å². The van der Waals surface area contributed by atoms with E-state index >= 15 is 0 Å². The molecule has 2 aliphatic carbocycles. The van der Waals surface area contributed by atoms with E-state index in [1.54, 1.807) is 0 Å². The summed E-state index contributed by atoms with van der Waals surface area (Å²) < 4.78 is 57.0. The average molecular weight is 437 g/mol. The molecule has 4 rings (SSSR count). The molecule has 0 heterocycles. The molecule has 0 N–H and O–H groups in total. The molecule has 5 heteroatoms. The van der Waals surface area contributed by atoms with Gasteiger partial charge < -0.3 is 0 Å². The maximum absolute atomic E-state index is 14.4. The van der Waals surface area contributed by atoms with E-state index in [2.05, 4.69) is 19.1 Å². The highest BCUT2D eigenvalue weighted by Crippen LogP contribution is 2.54. The summed E-state index contributed by atoms with van der Waals surface area (Å²) in [5.41, 5.74) is 1.89. The molecule has 0 aromatic heterocycles. The van der Waals surface area contributed by atoms with E-state index < -0.39 is 28.3 Å². The number of allylic oxidation sites excluding steroid dienone is 2. The molecule has 2 aromatic carbocycles. The standard InChI is InChI=1S/C25H25ClF4/c1-2-3-4-5-14-6-7-17-19(9-8-18-20(17)12-16(27)13-21(18)28)24(14)15-10-22(29)25(26)23(30)11-15/h4-5,10-14,17,19,24H,2-3,6-9H2,1H3. The largest absolute Gasteiger partial charge is 0.207 e. The molecule has 0 bridgehead atoms. The molecule has 0 aliphatic heterocycles. The predicted molar refractivity (Wildman–Crippen MR) is 112 cm³/mol. The van der Waals surface area contributed by atoms with Gasteiger partial charge in [-0.3, -0.25) is 0 Å². The number of hydrogen-bond donors (Lipinski definition) is 0. The van der Waals surface area contributed by atoms with Crippen molar-refractivity contribution in [2.24, 2.45) is 11.8 Å². The van der Waals surface area contributed by atoms with Gasteiger partial charge in [-0.05, 0) is 90.7 Å². The zero-order valence-electron chi connectivity index (χ0n) is 16.9. The second-order valence-corrected chi connectivity index (χ2v) is 8.92. The Morgan fingerprint density at radius 1 is 0.967 bits per heavy atom. The van der Waals surface area contributed by atoms with Crippen molar-refractivity contribution in [2.45, 2.75) is 57.3 Å². The first-order chi connectivity index (χ1) is 14.4. The van der Waals surface area contributed by atoms with Gasteiger partial charge in [-0.2, -0.15) is 0 Å². The van der Waals surface area contributed by atoms with Gasteiger partial charge in [0.25, 0.3) is 0 Å². The van der Waals surface area contributed by atoms with E-state index in [4.69, 9.17) is 11.6 Å². The van der Waals surface area contributed by atoms with Crippen LogP contribution in [0.3, 0.4) is 0 Å². The summed E-state index contributed by atoms with van der Waals surface area (Å²) in [6.45, 7) is 2.10. The SMILES string of the molecule is CCCC=CC1CCC2c3cc(F)cc(F)c3CCC2C1c1cc(F)c(Cl)c(F)c1. The van der Waals surface area contributed by atoms with Crippen LogP contribution in [-0.2, 0) is 6.42 Å². The van der Waals surface area contributed by atoms with Crippen molar-refractivity contribution in [3.63, 3.8) is 0 Å². The number of fused-ring (bicyclic) bond motifs is 3. The van der Waals surface area contributed by atoms with Gasteiger partial charge in [-0.15, -0.1) is 0 Å². The Hall–Kier alpha value is -1.81. The Balaban J connectivity index is 1.78. The maximum Gasteiger partial charge on any atom is 0.145 e. The number of halogens is 5. The van der Waals surface area contributed by atoms with Gasteiger partial charge in [0.2, 0.25) is 0 Å². The van der Waals surface area contributed by atoms with Gasteiger partial charge in [0.15, 0.2) is 0 Å². The van der Waals surface area contributed by atoms with E-state index in [1.807, 2.05) is 0 Å². The first-order valence-electron chi connectivity index (χ1n) is 10.7. The fourth-order valence-corrected chi connectivity index (χ4v) is 5.65. The Bertz CT molecular complexity index is 945. The lowest BCUT2D eigenvalue weighted by molar-refractivity contribution is 0.193. The van der Waals surface area contributed by atoms with Crippen LogP contribution in [-0.4, -0.2) is 0 Å². The average Bonchev–Trinajstić information content (AvgIpc) is 2.71. The molecule has 30 heavy (non-hydrogen) atoms. The number of hydrogen-bond acceptors (Lipinski definition) is 0. The second-order valence-electron chi connectivity index (χ2n) is 8.55. The van der Waals surface area contributed by atoms with E-state index in [-0.39, 0.29) is 23.7 Å². The van der Waals surface area contributed by atoms with E-state index in [0.717, 1.165) is 37.3 Å². The van der Waals surface area contributed by atoms with E-state index in [9.17, 15) is 17.6 Å². The van der Waals surface area contributed by atoms with Crippen LogP contribution in [0.15, 0.2) is 36.4 Å². The van der Waals surface area contributed by atoms with Crippen LogP contribution >= 0.6 is 11.6 Å². The van der Waals surface area contributed by atoms with Crippen LogP contribution in [0.25, 0.3) is 0 Å². The number of rotatable bonds is 4. The summed E-state index contributed by atoms with van der Waals surface area (Å²) in [5.74, 6) is -2.57. The number of unbranched alkanes of at least 4 members (excludes halogenated alkanes) is 1. The van der Waals surface area contributed by atoms with Gasteiger partial charge in [0.1, 0.15) is 28.3 Å². The summed E-state index contributed by atoms with van der Waals surface area (Å²) in [5, 5.41) is -0.498. The minimum atomic E-state index is -0.765. The van der Waals surface area contributed by atoms with Crippen LogP contribution in [0.4, 0.5) is 17.6 Å². The van der Waals surface area contributed by atoms with Crippen molar-refractivity contribution in [3.8, 4) is 0 Å². The summed E-state index contributed by atoms with van der Waals surface area (Å²) in [6.07, 6.45) is 9.08. The Labute approximate surface area is 179 Å². The summed E-state index contributed by atoms with van der Waals surface area (Å²) >= 11 is 5.72. The lowest BCUT2D eigenvalue weighted by Gasteiger charge is -2.46. The molecule has 4 atom stereocenters. The van der Waals surface area contributed by atoms with Crippen molar-refractivity contribution in [2.75, 3.05) is 0 Å². The molecule has 0 saturated heterocycles. The zero-order valence-corrected chi connectivity index (χ0v) is 17.7. The fraction of sp³-hybridized carbons (Fsp3) is 0.440. The van der Waals surface area contributed by atoms with Crippen LogP contribution in [0.5, 0.6) is 0 Å². The van der Waals surface area contributed by atoms with Gasteiger partial charge >= 0.3 is 0 Å². The Kier molecular flexibility index (Phi) is 6.24. The van der Waals surface area contributed by atoms with Crippen molar-refractivity contribution in [1.29, 1.82) is 0 Å². The molecule has 4 unspecified atom stereocenters. The number of benzene rings is 2. The van der Waals surface area contributed by atoms with Gasteiger partial charge in [-0.1, -0.05) is 37.1 Å². The summed E-state index contributed by atoms with van der Waals surface area (Å²) in [7, 11) is 0. The van der Waals surface area contributed by atoms with Gasteiger partial charge in [-0.25, -0.2) is 17.6 Å². The van der Waals surface area contributed by atoms with Crippen LogP contribution in [0, 0.1) is 35.1 Å². The second kappa shape index (κ2) is 8.74. The third-order valence-electron chi connectivity index (χ3n) is 6.80. The van der Waals surface area contributed by atoms with Crippen molar-refractivity contribution in [1.82, 2.24) is 0 Å². The lowest BCUT2D eigenvalue weighted by Crippen LogP contribution is -2.35. The third-order valence-corrected chi connectivity index (χ3v) is 7.16. The highest BCUT2D eigenvalue weighted by Gasteiger charge is 2.43. The highest BCUT2D eigenvalue weighted by molar-refractivity contribution is 6.30.